The zero-order valence-corrected chi connectivity index (χ0v) is 12.3. The van der Waals surface area contributed by atoms with Crippen molar-refractivity contribution in [1.82, 2.24) is 4.90 Å². The standard InChI is InChI=1S/C15H31N/c1-14(2,3)9-12-16-10-7-13(8-11-16)15(4,5)6/h13H,7-12H2,1-6H3. The number of hydrogen-bond donors (Lipinski definition) is 0. The molecule has 1 aliphatic heterocycles. The highest BCUT2D eigenvalue weighted by molar-refractivity contribution is 4.81. The first kappa shape index (κ1) is 14.0. The Balaban J connectivity index is 2.28. The van der Waals surface area contributed by atoms with Gasteiger partial charge in [-0.25, -0.2) is 0 Å². The average Bonchev–Trinajstić information content (AvgIpc) is 2.13. The first-order chi connectivity index (χ1) is 7.18. The Labute approximate surface area is 103 Å². The lowest BCUT2D eigenvalue weighted by molar-refractivity contribution is 0.104. The first-order valence-corrected chi connectivity index (χ1v) is 6.91. The van der Waals surface area contributed by atoms with E-state index < -0.39 is 0 Å². The van der Waals surface area contributed by atoms with Crippen LogP contribution in [0.3, 0.4) is 0 Å². The summed E-state index contributed by atoms with van der Waals surface area (Å²) in [6, 6.07) is 0. The molecule has 1 aliphatic rings. The largest absolute Gasteiger partial charge is 0.303 e. The Morgan fingerprint density at radius 3 is 1.81 bits per heavy atom. The maximum absolute atomic E-state index is 2.66. The Bertz CT molecular complexity index is 198. The molecule has 0 aromatic heterocycles. The summed E-state index contributed by atoms with van der Waals surface area (Å²) in [4.78, 5) is 2.66. The molecule has 1 heteroatoms. The predicted octanol–water partition coefficient (Wildman–Crippen LogP) is 4.18. The minimum atomic E-state index is 0.487. The van der Waals surface area contributed by atoms with E-state index in [1.165, 1.54) is 38.9 Å². The van der Waals surface area contributed by atoms with Gasteiger partial charge in [0.05, 0.1) is 0 Å². The van der Waals surface area contributed by atoms with E-state index in [-0.39, 0.29) is 0 Å². The molecule has 0 unspecified atom stereocenters. The molecule has 0 aromatic rings. The molecular formula is C15H31N. The minimum absolute atomic E-state index is 0.487. The van der Waals surface area contributed by atoms with Crippen molar-refractivity contribution < 1.29 is 0 Å². The fourth-order valence-electron chi connectivity index (χ4n) is 2.52. The summed E-state index contributed by atoms with van der Waals surface area (Å²) in [6.07, 6.45) is 4.12. The number of rotatable bonds is 2. The molecule has 0 aliphatic carbocycles. The molecule has 1 rings (SSSR count). The quantitative estimate of drug-likeness (QED) is 0.681. The Hall–Kier alpha value is -0.0400. The summed E-state index contributed by atoms with van der Waals surface area (Å²) in [5, 5.41) is 0. The predicted molar refractivity (Wildman–Crippen MR) is 72.7 cm³/mol. The molecule has 0 atom stereocenters. The fraction of sp³-hybridized carbons (Fsp3) is 1.00. The van der Waals surface area contributed by atoms with E-state index >= 15 is 0 Å². The van der Waals surface area contributed by atoms with Crippen molar-refractivity contribution >= 4 is 0 Å². The van der Waals surface area contributed by atoms with Gasteiger partial charge in [0, 0.05) is 0 Å². The molecule has 1 saturated heterocycles. The molecule has 1 fully saturated rings. The van der Waals surface area contributed by atoms with Crippen molar-refractivity contribution in [1.29, 1.82) is 0 Å². The zero-order valence-electron chi connectivity index (χ0n) is 12.3. The molecule has 0 aromatic carbocycles. The first-order valence-electron chi connectivity index (χ1n) is 6.91. The summed E-state index contributed by atoms with van der Waals surface area (Å²) in [5.41, 5.74) is 0.997. The second-order valence-electron chi connectivity index (χ2n) is 7.79. The lowest BCUT2D eigenvalue weighted by Gasteiger charge is -2.39. The van der Waals surface area contributed by atoms with Crippen LogP contribution in [0.2, 0.25) is 0 Å². The number of likely N-dealkylation sites (tertiary alicyclic amines) is 1. The highest BCUT2D eigenvalue weighted by Gasteiger charge is 2.28. The lowest BCUT2D eigenvalue weighted by Crippen LogP contribution is -2.39. The molecule has 16 heavy (non-hydrogen) atoms. The van der Waals surface area contributed by atoms with Crippen LogP contribution in [0.25, 0.3) is 0 Å². The van der Waals surface area contributed by atoms with Crippen molar-refractivity contribution in [3.63, 3.8) is 0 Å². The monoisotopic (exact) mass is 225 g/mol. The van der Waals surface area contributed by atoms with Gasteiger partial charge in [0.2, 0.25) is 0 Å². The van der Waals surface area contributed by atoms with Crippen molar-refractivity contribution in [2.24, 2.45) is 16.7 Å². The average molecular weight is 225 g/mol. The van der Waals surface area contributed by atoms with Crippen LogP contribution >= 0.6 is 0 Å². The number of hydrogen-bond acceptors (Lipinski definition) is 1. The van der Waals surface area contributed by atoms with E-state index in [2.05, 4.69) is 46.4 Å². The molecule has 0 spiro atoms. The van der Waals surface area contributed by atoms with Crippen LogP contribution in [0.15, 0.2) is 0 Å². The van der Waals surface area contributed by atoms with Crippen LogP contribution in [0.5, 0.6) is 0 Å². The van der Waals surface area contributed by atoms with Crippen LogP contribution in [-0.4, -0.2) is 24.5 Å². The Morgan fingerprint density at radius 2 is 1.44 bits per heavy atom. The van der Waals surface area contributed by atoms with Gasteiger partial charge in [0.15, 0.2) is 0 Å². The lowest BCUT2D eigenvalue weighted by atomic mass is 9.75. The second kappa shape index (κ2) is 5.08. The van der Waals surface area contributed by atoms with Crippen LogP contribution in [0.4, 0.5) is 0 Å². The summed E-state index contributed by atoms with van der Waals surface area (Å²) < 4.78 is 0. The van der Waals surface area contributed by atoms with Gasteiger partial charge in [0.25, 0.3) is 0 Å². The second-order valence-corrected chi connectivity index (χ2v) is 7.79. The third kappa shape index (κ3) is 4.86. The summed E-state index contributed by atoms with van der Waals surface area (Å²) in [5.74, 6) is 0.929. The Kier molecular flexibility index (Phi) is 4.45. The van der Waals surface area contributed by atoms with Gasteiger partial charge in [0.1, 0.15) is 0 Å². The maximum atomic E-state index is 2.66. The molecule has 96 valence electrons. The van der Waals surface area contributed by atoms with Gasteiger partial charge in [-0.1, -0.05) is 41.5 Å². The molecule has 0 radical (unpaired) electrons. The van der Waals surface area contributed by atoms with Crippen LogP contribution in [-0.2, 0) is 0 Å². The van der Waals surface area contributed by atoms with Crippen LogP contribution in [0, 0.1) is 16.7 Å². The van der Waals surface area contributed by atoms with E-state index in [1.807, 2.05) is 0 Å². The van der Waals surface area contributed by atoms with Gasteiger partial charge in [-0.2, -0.15) is 0 Å². The van der Waals surface area contributed by atoms with Gasteiger partial charge >= 0.3 is 0 Å². The third-order valence-electron chi connectivity index (χ3n) is 3.99. The highest BCUT2D eigenvalue weighted by Crippen LogP contribution is 2.34. The topological polar surface area (TPSA) is 3.24 Å². The van der Waals surface area contributed by atoms with Crippen molar-refractivity contribution in [3.8, 4) is 0 Å². The van der Waals surface area contributed by atoms with Crippen LogP contribution < -0.4 is 0 Å². The molecular weight excluding hydrogens is 194 g/mol. The van der Waals surface area contributed by atoms with E-state index in [4.69, 9.17) is 0 Å². The summed E-state index contributed by atoms with van der Waals surface area (Å²) in [7, 11) is 0. The maximum Gasteiger partial charge on any atom is -0.00137 e. The minimum Gasteiger partial charge on any atom is -0.303 e. The van der Waals surface area contributed by atoms with E-state index in [0.29, 0.717) is 10.8 Å². The molecule has 0 saturated carbocycles. The normalized spacial score (nSPS) is 21.4. The summed E-state index contributed by atoms with van der Waals surface area (Å²) in [6.45, 7) is 18.1. The molecule has 1 nitrogen and oxygen atoms in total. The third-order valence-corrected chi connectivity index (χ3v) is 3.99. The SMILES string of the molecule is CC(C)(C)CCN1CCC(C(C)(C)C)CC1. The van der Waals surface area contributed by atoms with E-state index in [0.717, 1.165) is 5.92 Å². The molecule has 1 heterocycles. The molecule has 0 N–H and O–H groups in total. The summed E-state index contributed by atoms with van der Waals surface area (Å²) >= 11 is 0. The zero-order chi connectivity index (χ0) is 12.4. The van der Waals surface area contributed by atoms with Gasteiger partial charge in [-0.15, -0.1) is 0 Å². The van der Waals surface area contributed by atoms with E-state index in [1.54, 1.807) is 0 Å². The smallest absolute Gasteiger partial charge is 0.00137 e. The van der Waals surface area contributed by atoms with Crippen molar-refractivity contribution in [3.05, 3.63) is 0 Å². The van der Waals surface area contributed by atoms with Crippen molar-refractivity contribution in [2.75, 3.05) is 19.6 Å². The van der Waals surface area contributed by atoms with Gasteiger partial charge < -0.3 is 4.90 Å². The highest BCUT2D eigenvalue weighted by atomic mass is 15.1. The molecule has 0 amide bonds. The molecule has 0 bridgehead atoms. The number of piperidine rings is 1. The van der Waals surface area contributed by atoms with Crippen LogP contribution in [0.1, 0.15) is 60.8 Å². The van der Waals surface area contributed by atoms with E-state index in [9.17, 15) is 0 Å². The van der Waals surface area contributed by atoms with Gasteiger partial charge in [-0.3, -0.25) is 0 Å². The van der Waals surface area contributed by atoms with Crippen molar-refractivity contribution in [2.45, 2.75) is 60.8 Å². The Morgan fingerprint density at radius 1 is 0.938 bits per heavy atom. The fourth-order valence-corrected chi connectivity index (χ4v) is 2.52. The van der Waals surface area contributed by atoms with Gasteiger partial charge in [-0.05, 0) is 55.6 Å². The number of nitrogens with zero attached hydrogens (tertiary/aromatic N) is 1.